The first-order valence-electron chi connectivity index (χ1n) is 18.7. The largest absolute Gasteiger partial charge is 0.465 e. The second kappa shape index (κ2) is 14.8. The summed E-state index contributed by atoms with van der Waals surface area (Å²) in [6.07, 6.45) is 10.4. The predicted molar refractivity (Wildman–Crippen MR) is 199 cm³/mol. The maximum Gasteiger partial charge on any atom is 0.311 e. The number of ketones is 1. The topological polar surface area (TPSA) is 89.5 Å². The Morgan fingerprint density at radius 3 is 2.22 bits per heavy atom. The molecule has 4 aliphatic heterocycles. The standard InChI is InChI=1S/C42H56O8Si/c1-30-27-35-36(28-32(47-35)29-46-51(40(5,6)7,33-18-12-8-13-19-33)34-20-14-9-15-21-34)49-41(30)24-25-42(50-41)37(43)23-22-31(48-42)17-11-10-16-26-45-38(44)39(2,3)4/h8-9,11-15,17-23,30-32,35-36H,10,16,24-29H2,1-7H3/b17-11+/t30-,31-,32+,35-,36-,41-,42-/m1/s1. The van der Waals surface area contributed by atoms with Crippen molar-refractivity contribution in [2.75, 3.05) is 13.2 Å². The third-order valence-electron chi connectivity index (χ3n) is 10.8. The maximum atomic E-state index is 13.3. The zero-order valence-electron chi connectivity index (χ0n) is 31.4. The van der Waals surface area contributed by atoms with Crippen LogP contribution in [0.15, 0.2) is 85.0 Å². The summed E-state index contributed by atoms with van der Waals surface area (Å²) in [6.45, 7) is 15.3. The van der Waals surface area contributed by atoms with Gasteiger partial charge in [0.05, 0.1) is 43.0 Å². The molecule has 3 fully saturated rings. The van der Waals surface area contributed by atoms with Gasteiger partial charge in [0.1, 0.15) is 0 Å². The molecule has 0 unspecified atom stereocenters. The van der Waals surface area contributed by atoms with Crippen molar-refractivity contribution >= 4 is 30.4 Å². The Bertz CT molecular complexity index is 1540. The van der Waals surface area contributed by atoms with Crippen LogP contribution in [0.4, 0.5) is 0 Å². The van der Waals surface area contributed by atoms with E-state index in [1.165, 1.54) is 10.4 Å². The molecule has 2 aromatic rings. The first-order chi connectivity index (χ1) is 24.2. The van der Waals surface area contributed by atoms with Crippen molar-refractivity contribution < 1.29 is 37.7 Å². The molecule has 276 valence electrons. The van der Waals surface area contributed by atoms with Crippen LogP contribution in [0.5, 0.6) is 0 Å². The Morgan fingerprint density at radius 1 is 0.922 bits per heavy atom. The third-order valence-corrected chi connectivity index (χ3v) is 15.8. The lowest BCUT2D eigenvalue weighted by Gasteiger charge is -2.45. The predicted octanol–water partition coefficient (Wildman–Crippen LogP) is 6.80. The number of fused-ring (bicyclic) bond motifs is 1. The van der Waals surface area contributed by atoms with Crippen LogP contribution >= 0.6 is 0 Å². The fraction of sp³-hybridized carbons (Fsp3) is 0.571. The smallest absolute Gasteiger partial charge is 0.311 e. The quantitative estimate of drug-likeness (QED) is 0.115. The molecule has 8 nitrogen and oxygen atoms in total. The average Bonchev–Trinajstić information content (AvgIpc) is 3.66. The zero-order valence-corrected chi connectivity index (χ0v) is 32.4. The molecule has 51 heavy (non-hydrogen) atoms. The van der Waals surface area contributed by atoms with Crippen LogP contribution < -0.4 is 10.4 Å². The van der Waals surface area contributed by atoms with Crippen molar-refractivity contribution in [3.63, 3.8) is 0 Å². The molecular formula is C42H56O8Si. The molecule has 0 N–H and O–H groups in total. The summed E-state index contributed by atoms with van der Waals surface area (Å²) in [5.74, 6) is -2.69. The van der Waals surface area contributed by atoms with Crippen molar-refractivity contribution in [2.45, 2.75) is 128 Å². The molecule has 0 aliphatic carbocycles. The van der Waals surface area contributed by atoms with Gasteiger partial charge in [-0.2, -0.15) is 0 Å². The molecule has 0 amide bonds. The van der Waals surface area contributed by atoms with Gasteiger partial charge in [-0.3, -0.25) is 9.59 Å². The van der Waals surface area contributed by atoms with Gasteiger partial charge < -0.3 is 28.1 Å². The van der Waals surface area contributed by atoms with Crippen LogP contribution in [0.2, 0.25) is 5.04 Å². The van der Waals surface area contributed by atoms with Gasteiger partial charge >= 0.3 is 5.97 Å². The molecule has 9 heteroatoms. The number of esters is 1. The Hall–Kier alpha value is -2.92. The first-order valence-corrected chi connectivity index (χ1v) is 20.6. The van der Waals surface area contributed by atoms with Gasteiger partial charge in [-0.1, -0.05) is 101 Å². The van der Waals surface area contributed by atoms with Gasteiger partial charge in [0.25, 0.3) is 8.32 Å². The van der Waals surface area contributed by atoms with Gasteiger partial charge in [-0.15, -0.1) is 0 Å². The highest BCUT2D eigenvalue weighted by molar-refractivity contribution is 6.99. The van der Waals surface area contributed by atoms with Crippen LogP contribution in [-0.2, 0) is 37.7 Å². The van der Waals surface area contributed by atoms with Gasteiger partial charge in [0.15, 0.2) is 5.79 Å². The van der Waals surface area contributed by atoms with E-state index in [-0.39, 0.29) is 41.0 Å². The summed E-state index contributed by atoms with van der Waals surface area (Å²) in [5, 5.41) is 2.36. The second-order valence-corrected chi connectivity index (χ2v) is 21.0. The lowest BCUT2D eigenvalue weighted by Crippen LogP contribution is -2.67. The highest BCUT2D eigenvalue weighted by Gasteiger charge is 2.62. The van der Waals surface area contributed by atoms with E-state index >= 15 is 0 Å². The Kier molecular flexibility index (Phi) is 11.0. The lowest BCUT2D eigenvalue weighted by molar-refractivity contribution is -0.353. The fourth-order valence-electron chi connectivity index (χ4n) is 8.07. The second-order valence-electron chi connectivity index (χ2n) is 16.7. The number of benzene rings is 2. The molecule has 3 saturated heterocycles. The van der Waals surface area contributed by atoms with E-state index in [4.69, 9.17) is 28.1 Å². The minimum absolute atomic E-state index is 0.00146. The highest BCUT2D eigenvalue weighted by Crippen LogP contribution is 2.52. The summed E-state index contributed by atoms with van der Waals surface area (Å²) < 4.78 is 39.2. The minimum atomic E-state index is -2.71. The number of carbonyl (C=O) groups excluding carboxylic acids is 2. The molecule has 4 aliphatic rings. The number of carbonyl (C=O) groups is 2. The van der Waals surface area contributed by atoms with E-state index in [2.05, 4.69) is 88.4 Å². The van der Waals surface area contributed by atoms with Crippen LogP contribution in [0.1, 0.15) is 87.0 Å². The molecule has 2 spiro atoms. The van der Waals surface area contributed by atoms with Crippen LogP contribution in [0, 0.1) is 11.3 Å². The van der Waals surface area contributed by atoms with Crippen molar-refractivity contribution in [1.29, 1.82) is 0 Å². The van der Waals surface area contributed by atoms with Crippen molar-refractivity contribution in [3.05, 3.63) is 85.0 Å². The lowest BCUT2D eigenvalue weighted by atomic mass is 9.86. The van der Waals surface area contributed by atoms with Crippen molar-refractivity contribution in [2.24, 2.45) is 11.3 Å². The van der Waals surface area contributed by atoms with Crippen LogP contribution in [-0.4, -0.2) is 69.3 Å². The molecule has 6 rings (SSSR count). The summed E-state index contributed by atoms with van der Waals surface area (Å²) in [6, 6.07) is 21.3. The highest BCUT2D eigenvalue weighted by atomic mass is 28.4. The summed E-state index contributed by atoms with van der Waals surface area (Å²) in [7, 11) is -2.71. The Morgan fingerprint density at radius 2 is 1.59 bits per heavy atom. The van der Waals surface area contributed by atoms with Gasteiger partial charge in [0, 0.05) is 25.2 Å². The van der Waals surface area contributed by atoms with Crippen LogP contribution in [0.25, 0.3) is 0 Å². The summed E-state index contributed by atoms with van der Waals surface area (Å²) in [4.78, 5) is 25.3. The molecule has 7 atom stereocenters. The molecule has 0 radical (unpaired) electrons. The maximum absolute atomic E-state index is 13.3. The number of allylic oxidation sites excluding steroid dienone is 1. The molecular weight excluding hydrogens is 661 g/mol. The summed E-state index contributed by atoms with van der Waals surface area (Å²) in [5.41, 5.74) is -0.511. The zero-order chi connectivity index (χ0) is 36.5. The van der Waals surface area contributed by atoms with Gasteiger partial charge in [0.2, 0.25) is 11.6 Å². The van der Waals surface area contributed by atoms with Crippen molar-refractivity contribution in [3.8, 4) is 0 Å². The third kappa shape index (κ3) is 7.75. The number of ether oxygens (including phenoxy) is 5. The average molecular weight is 717 g/mol. The SMILES string of the molecule is C[C@@H]1C[C@H]2O[C@H](CO[Si](c3ccccc3)(c3ccccc3)C(C)(C)C)C[C@H]2O[C@@]12CC[C@@]1(O[C@H](/C=C/CCCOC(=O)C(C)(C)C)C=CC1=O)O2. The van der Waals surface area contributed by atoms with E-state index < -0.39 is 31.4 Å². The Labute approximate surface area is 305 Å². The van der Waals surface area contributed by atoms with E-state index in [0.29, 0.717) is 38.9 Å². The first kappa shape index (κ1) is 37.8. The summed E-state index contributed by atoms with van der Waals surface area (Å²) >= 11 is 0. The van der Waals surface area contributed by atoms with Gasteiger partial charge in [-0.05, 0) is 67.6 Å². The number of hydrogen-bond donors (Lipinski definition) is 0. The molecule has 4 heterocycles. The molecule has 0 aromatic heterocycles. The van der Waals surface area contributed by atoms with Gasteiger partial charge in [-0.25, -0.2) is 0 Å². The molecule has 0 bridgehead atoms. The van der Waals surface area contributed by atoms with E-state index in [9.17, 15) is 9.59 Å². The monoisotopic (exact) mass is 716 g/mol. The minimum Gasteiger partial charge on any atom is -0.465 e. The van der Waals surface area contributed by atoms with E-state index in [1.54, 1.807) is 12.2 Å². The van der Waals surface area contributed by atoms with Crippen molar-refractivity contribution in [1.82, 2.24) is 0 Å². The fourth-order valence-corrected chi connectivity index (χ4v) is 12.7. The van der Waals surface area contributed by atoms with Crippen LogP contribution in [0.3, 0.4) is 0 Å². The van der Waals surface area contributed by atoms with E-state index in [1.807, 2.05) is 32.9 Å². The number of rotatable bonds is 10. The number of unbranched alkanes of at least 4 members (excludes halogenated alkanes) is 1. The number of hydrogen-bond acceptors (Lipinski definition) is 8. The Balaban J connectivity index is 1.09. The molecule has 2 aromatic carbocycles. The molecule has 0 saturated carbocycles. The van der Waals surface area contributed by atoms with E-state index in [0.717, 1.165) is 12.8 Å². The normalized spacial score (nSPS) is 31.1.